The zero-order valence-electron chi connectivity index (χ0n) is 35.4. The Kier molecular flexibility index (Phi) is 10.3. The molecule has 1 aliphatic rings. The summed E-state index contributed by atoms with van der Waals surface area (Å²) in [6.45, 7) is 2.21. The van der Waals surface area contributed by atoms with Gasteiger partial charge in [0.25, 0.3) is 0 Å². The third kappa shape index (κ3) is 7.61. The Bertz CT molecular complexity index is 3420. The van der Waals surface area contributed by atoms with E-state index in [0.29, 0.717) is 5.69 Å². The maximum Gasteiger partial charge on any atom is 0.136 e. The molecule has 11 rings (SSSR count). The summed E-state index contributed by atoms with van der Waals surface area (Å²) in [4.78, 5) is 16.0. The maximum absolute atomic E-state index is 6.98. The fourth-order valence-corrected chi connectivity index (χ4v) is 10.1. The minimum Gasteiger partial charge on any atom is -0.396 e. The van der Waals surface area contributed by atoms with Gasteiger partial charge in [-0.15, -0.1) is 11.3 Å². The average molecular weight is 841 g/mol. The Morgan fingerprint density at radius 1 is 0.578 bits per heavy atom. The molecule has 64 heavy (non-hydrogen) atoms. The van der Waals surface area contributed by atoms with Gasteiger partial charge in [0.15, 0.2) is 0 Å². The topological polar surface area (TPSA) is 64.7 Å². The summed E-state index contributed by atoms with van der Waals surface area (Å²) in [6.07, 6.45) is 13.8. The van der Waals surface area contributed by atoms with Gasteiger partial charge in [0.05, 0.1) is 28.3 Å². The highest BCUT2D eigenvalue weighted by Gasteiger charge is 2.21. The molecule has 2 unspecified atom stereocenters. The second-order valence-corrected chi connectivity index (χ2v) is 17.6. The highest BCUT2D eigenvalue weighted by Crippen LogP contribution is 2.44. The van der Waals surface area contributed by atoms with Crippen LogP contribution in [0, 0.1) is 0 Å². The Labute approximate surface area is 377 Å². The van der Waals surface area contributed by atoms with Gasteiger partial charge in [-0.2, -0.15) is 0 Å². The number of aromatic nitrogens is 3. The van der Waals surface area contributed by atoms with Crippen molar-refractivity contribution in [3.8, 4) is 56.0 Å². The summed E-state index contributed by atoms with van der Waals surface area (Å²) >= 11 is 1.82. The molecule has 0 spiro atoms. The predicted molar refractivity (Wildman–Crippen MR) is 271 cm³/mol. The lowest BCUT2D eigenvalue weighted by Crippen LogP contribution is -2.05. The van der Waals surface area contributed by atoms with Crippen molar-refractivity contribution in [3.63, 3.8) is 0 Å². The number of allylic oxidation sites excluding steroid dienone is 5. The lowest BCUT2D eigenvalue weighted by atomic mass is 9.96. The van der Waals surface area contributed by atoms with E-state index in [-0.39, 0.29) is 11.8 Å². The van der Waals surface area contributed by atoms with Gasteiger partial charge >= 0.3 is 0 Å². The van der Waals surface area contributed by atoms with Crippen LogP contribution < -0.4 is 5.73 Å². The van der Waals surface area contributed by atoms with E-state index in [0.717, 1.165) is 62.5 Å². The highest BCUT2D eigenvalue weighted by atomic mass is 32.1. The van der Waals surface area contributed by atoms with E-state index in [1.54, 1.807) is 0 Å². The van der Waals surface area contributed by atoms with Crippen LogP contribution in [0.15, 0.2) is 206 Å². The molecule has 0 saturated heterocycles. The zero-order valence-corrected chi connectivity index (χ0v) is 36.2. The first-order valence-electron chi connectivity index (χ1n) is 21.9. The Balaban J connectivity index is 1.08. The van der Waals surface area contributed by atoms with Crippen molar-refractivity contribution in [1.82, 2.24) is 15.0 Å². The smallest absolute Gasteiger partial charge is 0.136 e. The van der Waals surface area contributed by atoms with E-state index < -0.39 is 0 Å². The van der Waals surface area contributed by atoms with E-state index in [4.69, 9.17) is 20.7 Å². The van der Waals surface area contributed by atoms with Crippen molar-refractivity contribution < 1.29 is 0 Å². The Morgan fingerprint density at radius 3 is 2.00 bits per heavy atom. The SMILES string of the molecule is CC(/C=C\c1ccc2ccc(-c3cc(-c4cc(-c5ccc(-c6ccccc6)cc5)nc(C5C=CC=CC5)n4)c4sc5cc(-c6ccccc6)ccc5c4c3)nc2c1N)c1ccccc1. The molecule has 0 fully saturated rings. The fraction of sp³-hybridized carbons (Fsp3) is 0.0678. The monoisotopic (exact) mass is 840 g/mol. The molecule has 7 aromatic carbocycles. The van der Waals surface area contributed by atoms with Crippen molar-refractivity contribution in [3.05, 3.63) is 223 Å². The number of nitrogens with two attached hydrogens (primary N) is 1. The van der Waals surface area contributed by atoms with Gasteiger partial charge in [0, 0.05) is 48.2 Å². The third-order valence-electron chi connectivity index (χ3n) is 12.4. The van der Waals surface area contributed by atoms with Gasteiger partial charge in [-0.1, -0.05) is 189 Å². The van der Waals surface area contributed by atoms with Crippen LogP contribution in [0.1, 0.15) is 42.1 Å². The van der Waals surface area contributed by atoms with E-state index in [1.165, 1.54) is 48.0 Å². The number of hydrogen-bond acceptors (Lipinski definition) is 5. The summed E-state index contributed by atoms with van der Waals surface area (Å²) in [7, 11) is 0. The number of rotatable bonds is 9. The molecule has 2 N–H and O–H groups in total. The molecule has 0 saturated carbocycles. The Morgan fingerprint density at radius 2 is 1.25 bits per heavy atom. The molecule has 3 aromatic heterocycles. The molecule has 5 heteroatoms. The van der Waals surface area contributed by atoms with Crippen LogP contribution >= 0.6 is 11.3 Å². The highest BCUT2D eigenvalue weighted by molar-refractivity contribution is 7.26. The standard InChI is InChI=1S/C59H44N4S/c1-38(39-14-6-2-7-15-39)22-23-44-28-29-45-31-33-52(61-57(45)56(44)60)48-34-50-49-32-30-47(41-18-10-4-11-19-41)36-55(49)64-58(50)51(35-48)54-37-53(62-59(63-54)46-20-12-5-13-21-46)43-26-24-42(25-27-43)40-16-8-3-9-17-40/h2-20,22-38,46H,21,60H2,1H3/b23-22-. The first-order chi connectivity index (χ1) is 31.5. The molecule has 0 bridgehead atoms. The lowest BCUT2D eigenvalue weighted by Gasteiger charge is -2.16. The summed E-state index contributed by atoms with van der Waals surface area (Å²) in [5.74, 6) is 1.11. The van der Waals surface area contributed by atoms with E-state index >= 15 is 0 Å². The van der Waals surface area contributed by atoms with Crippen molar-refractivity contribution in [2.24, 2.45) is 0 Å². The van der Waals surface area contributed by atoms with Gasteiger partial charge in [0.2, 0.25) is 0 Å². The van der Waals surface area contributed by atoms with E-state index in [9.17, 15) is 0 Å². The van der Waals surface area contributed by atoms with Crippen molar-refractivity contribution in [1.29, 1.82) is 0 Å². The minimum absolute atomic E-state index is 0.0610. The van der Waals surface area contributed by atoms with Crippen LogP contribution in [0.5, 0.6) is 0 Å². The molecule has 4 nitrogen and oxygen atoms in total. The second kappa shape index (κ2) is 16.9. The number of benzene rings is 7. The van der Waals surface area contributed by atoms with Crippen molar-refractivity contribution >= 4 is 54.2 Å². The molecule has 2 atom stereocenters. The number of nitrogens with zero attached hydrogens (tertiary/aromatic N) is 3. The maximum atomic E-state index is 6.98. The summed E-state index contributed by atoms with van der Waals surface area (Å²) in [5.41, 5.74) is 21.2. The molecule has 3 heterocycles. The third-order valence-corrected chi connectivity index (χ3v) is 13.6. The van der Waals surface area contributed by atoms with Crippen LogP contribution in [0.25, 0.3) is 93.2 Å². The van der Waals surface area contributed by atoms with Gasteiger partial charge < -0.3 is 5.73 Å². The van der Waals surface area contributed by atoms with Gasteiger partial charge in [0.1, 0.15) is 5.82 Å². The summed E-state index contributed by atoms with van der Waals surface area (Å²) in [6, 6.07) is 62.4. The number of nitrogen functional groups attached to an aromatic ring is 1. The second-order valence-electron chi connectivity index (χ2n) is 16.6. The van der Waals surface area contributed by atoms with Crippen LogP contribution in [-0.2, 0) is 0 Å². The largest absolute Gasteiger partial charge is 0.396 e. The molecule has 0 aliphatic heterocycles. The first kappa shape index (κ1) is 39.1. The molecular weight excluding hydrogens is 797 g/mol. The fourth-order valence-electron chi connectivity index (χ4n) is 8.83. The Hall–Kier alpha value is -7.73. The van der Waals surface area contributed by atoms with Crippen LogP contribution in [-0.4, -0.2) is 15.0 Å². The molecule has 0 amide bonds. The van der Waals surface area contributed by atoms with Crippen LogP contribution in [0.3, 0.4) is 0 Å². The van der Waals surface area contributed by atoms with Crippen molar-refractivity contribution in [2.75, 3.05) is 5.73 Å². The molecular formula is C59H44N4S. The number of pyridine rings is 1. The number of anilines is 1. The van der Waals surface area contributed by atoms with Gasteiger partial charge in [-0.05, 0) is 76.1 Å². The summed E-state index contributed by atoms with van der Waals surface area (Å²) < 4.78 is 2.40. The normalized spacial score (nSPS) is 14.2. The number of fused-ring (bicyclic) bond motifs is 4. The van der Waals surface area contributed by atoms with Gasteiger partial charge in [-0.25, -0.2) is 15.0 Å². The van der Waals surface area contributed by atoms with E-state index in [2.05, 4.69) is 219 Å². The minimum atomic E-state index is 0.0610. The number of hydrogen-bond donors (Lipinski definition) is 1. The van der Waals surface area contributed by atoms with Crippen molar-refractivity contribution in [2.45, 2.75) is 25.2 Å². The van der Waals surface area contributed by atoms with Gasteiger partial charge in [-0.3, -0.25) is 0 Å². The van der Waals surface area contributed by atoms with E-state index in [1.807, 2.05) is 11.3 Å². The quantitative estimate of drug-likeness (QED) is 0.147. The van der Waals surface area contributed by atoms with Crippen LogP contribution in [0.4, 0.5) is 5.69 Å². The number of thiophene rings is 1. The summed E-state index contributed by atoms with van der Waals surface area (Å²) in [5, 5.41) is 3.38. The lowest BCUT2D eigenvalue weighted by molar-refractivity contribution is 0.775. The predicted octanol–water partition coefficient (Wildman–Crippen LogP) is 15.7. The molecule has 306 valence electrons. The van der Waals surface area contributed by atoms with Crippen LogP contribution in [0.2, 0.25) is 0 Å². The first-order valence-corrected chi connectivity index (χ1v) is 22.7. The zero-order chi connectivity index (χ0) is 43.0. The molecule has 0 radical (unpaired) electrons. The molecule has 1 aliphatic carbocycles. The average Bonchev–Trinajstić information content (AvgIpc) is 3.74. The molecule has 10 aromatic rings.